The minimum Gasteiger partial charge on any atom is -0.351 e. The number of nitrogens with zero attached hydrogens (tertiary/aromatic N) is 1. The molecule has 2 N–H and O–H groups in total. The van der Waals surface area contributed by atoms with Gasteiger partial charge in [0.25, 0.3) is 5.91 Å². The molecule has 0 spiro atoms. The van der Waals surface area contributed by atoms with Crippen molar-refractivity contribution in [2.75, 3.05) is 19.6 Å². The molecular weight excluding hydrogens is 222 g/mol. The van der Waals surface area contributed by atoms with E-state index in [1.165, 1.54) is 11.3 Å². The van der Waals surface area contributed by atoms with Crippen molar-refractivity contribution in [1.29, 1.82) is 0 Å². The van der Waals surface area contributed by atoms with Gasteiger partial charge in [0.2, 0.25) is 0 Å². The van der Waals surface area contributed by atoms with Gasteiger partial charge in [-0.1, -0.05) is 6.92 Å². The third kappa shape index (κ3) is 2.41. The zero-order valence-corrected chi connectivity index (χ0v) is 10.5. The molecule has 0 aromatic carbocycles. The van der Waals surface area contributed by atoms with Crippen LogP contribution in [-0.4, -0.2) is 30.5 Å². The third-order valence-electron chi connectivity index (χ3n) is 2.77. The Morgan fingerprint density at radius 1 is 1.62 bits per heavy atom. The number of hydrogen-bond acceptors (Lipinski definition) is 4. The Bertz CT molecular complexity index is 385. The van der Waals surface area contributed by atoms with Crippen LogP contribution in [0.25, 0.3) is 0 Å². The molecule has 0 unspecified atom stereocenters. The molecule has 5 heteroatoms. The second-order valence-corrected chi connectivity index (χ2v) is 5.19. The van der Waals surface area contributed by atoms with Gasteiger partial charge in [0.05, 0.1) is 10.7 Å². The van der Waals surface area contributed by atoms with Crippen LogP contribution in [0.3, 0.4) is 0 Å². The van der Waals surface area contributed by atoms with Crippen LogP contribution < -0.4 is 10.6 Å². The van der Waals surface area contributed by atoms with Crippen LogP contribution in [0, 0.1) is 12.8 Å². The van der Waals surface area contributed by atoms with E-state index in [9.17, 15) is 4.79 Å². The molecule has 1 aromatic rings. The maximum Gasteiger partial charge on any atom is 0.263 e. The lowest BCUT2D eigenvalue weighted by Crippen LogP contribution is -2.48. The highest BCUT2D eigenvalue weighted by Crippen LogP contribution is 2.18. The van der Waals surface area contributed by atoms with Crippen LogP contribution in [0.2, 0.25) is 0 Å². The molecule has 1 saturated heterocycles. The Balaban J connectivity index is 1.93. The van der Waals surface area contributed by atoms with Crippen molar-refractivity contribution in [1.82, 2.24) is 15.6 Å². The summed E-state index contributed by atoms with van der Waals surface area (Å²) in [5.41, 5.74) is 0.853. The van der Waals surface area contributed by atoms with Gasteiger partial charge in [-0.3, -0.25) is 4.79 Å². The van der Waals surface area contributed by atoms with Gasteiger partial charge in [0, 0.05) is 25.6 Å². The highest BCUT2D eigenvalue weighted by atomic mass is 32.1. The predicted molar refractivity (Wildman–Crippen MR) is 64.9 cm³/mol. The summed E-state index contributed by atoms with van der Waals surface area (Å²) in [5, 5.41) is 7.19. The Morgan fingerprint density at radius 2 is 2.38 bits per heavy atom. The smallest absolute Gasteiger partial charge is 0.263 e. The van der Waals surface area contributed by atoms with Crippen LogP contribution >= 0.6 is 11.3 Å². The van der Waals surface area contributed by atoms with Crippen molar-refractivity contribution in [3.63, 3.8) is 0 Å². The highest BCUT2D eigenvalue weighted by molar-refractivity contribution is 7.13. The predicted octanol–water partition coefficient (Wildman–Crippen LogP) is 0.963. The van der Waals surface area contributed by atoms with Crippen LogP contribution in [-0.2, 0) is 6.42 Å². The van der Waals surface area contributed by atoms with Crippen molar-refractivity contribution in [2.24, 2.45) is 5.92 Å². The first-order valence-corrected chi connectivity index (χ1v) is 6.47. The molecule has 0 bridgehead atoms. The minimum absolute atomic E-state index is 0.0293. The van der Waals surface area contributed by atoms with Gasteiger partial charge in [-0.15, -0.1) is 11.3 Å². The van der Waals surface area contributed by atoms with Gasteiger partial charge in [0.1, 0.15) is 4.88 Å². The maximum absolute atomic E-state index is 11.9. The van der Waals surface area contributed by atoms with Crippen molar-refractivity contribution >= 4 is 17.2 Å². The lowest BCUT2D eigenvalue weighted by atomic mass is 10.0. The van der Waals surface area contributed by atoms with Crippen LogP contribution in [0.4, 0.5) is 0 Å². The first kappa shape index (κ1) is 11.5. The monoisotopic (exact) mass is 239 g/mol. The average molecular weight is 239 g/mol. The summed E-state index contributed by atoms with van der Waals surface area (Å²) in [7, 11) is 0. The van der Waals surface area contributed by atoms with Gasteiger partial charge < -0.3 is 10.6 Å². The second-order valence-electron chi connectivity index (χ2n) is 4.11. The molecule has 4 nitrogen and oxygen atoms in total. The Kier molecular flexibility index (Phi) is 3.56. The molecule has 1 aromatic heterocycles. The minimum atomic E-state index is 0.0293. The summed E-state index contributed by atoms with van der Waals surface area (Å²) in [6.45, 7) is 6.75. The molecule has 0 aliphatic carbocycles. The van der Waals surface area contributed by atoms with Crippen LogP contribution in [0.1, 0.15) is 27.3 Å². The van der Waals surface area contributed by atoms with E-state index in [-0.39, 0.29) is 5.91 Å². The van der Waals surface area contributed by atoms with Crippen molar-refractivity contribution < 1.29 is 4.79 Å². The number of carbonyl (C=O) groups is 1. The topological polar surface area (TPSA) is 54.0 Å². The lowest BCUT2D eigenvalue weighted by Gasteiger charge is -2.26. The Hall–Kier alpha value is -0.940. The van der Waals surface area contributed by atoms with E-state index in [0.717, 1.165) is 41.6 Å². The fraction of sp³-hybridized carbons (Fsp3) is 0.636. The van der Waals surface area contributed by atoms with E-state index in [1.54, 1.807) is 0 Å². The summed E-state index contributed by atoms with van der Waals surface area (Å²) in [5.74, 6) is 0.629. The summed E-state index contributed by atoms with van der Waals surface area (Å²) < 4.78 is 0. The zero-order chi connectivity index (χ0) is 11.5. The Labute approximate surface area is 99.5 Å². The fourth-order valence-electron chi connectivity index (χ4n) is 1.62. The van der Waals surface area contributed by atoms with Crippen molar-refractivity contribution in [3.05, 3.63) is 15.6 Å². The first-order chi connectivity index (χ1) is 7.70. The van der Waals surface area contributed by atoms with E-state index < -0.39 is 0 Å². The first-order valence-electron chi connectivity index (χ1n) is 5.66. The molecule has 1 aliphatic heterocycles. The number of hydrogen-bond donors (Lipinski definition) is 2. The van der Waals surface area contributed by atoms with E-state index >= 15 is 0 Å². The number of amides is 1. The zero-order valence-electron chi connectivity index (χ0n) is 9.67. The maximum atomic E-state index is 11.9. The SMILES string of the molecule is CCc1nc(C)c(C(=O)NCC2CNC2)s1. The summed E-state index contributed by atoms with van der Waals surface area (Å²) in [4.78, 5) is 17.0. The number of nitrogens with one attached hydrogen (secondary N) is 2. The normalized spacial score (nSPS) is 15.9. The largest absolute Gasteiger partial charge is 0.351 e. The standard InChI is InChI=1S/C11H17N3OS/c1-3-9-14-7(2)10(16-9)11(15)13-6-8-4-12-5-8/h8,12H,3-6H2,1-2H3,(H,13,15). The van der Waals surface area contributed by atoms with Gasteiger partial charge >= 0.3 is 0 Å². The molecule has 0 atom stereocenters. The molecule has 0 radical (unpaired) electrons. The van der Waals surface area contributed by atoms with Crippen LogP contribution in [0.5, 0.6) is 0 Å². The van der Waals surface area contributed by atoms with Crippen molar-refractivity contribution in [2.45, 2.75) is 20.3 Å². The Morgan fingerprint density at radius 3 is 2.88 bits per heavy atom. The summed E-state index contributed by atoms with van der Waals surface area (Å²) >= 11 is 1.51. The van der Waals surface area contributed by atoms with Gasteiger partial charge in [-0.2, -0.15) is 0 Å². The van der Waals surface area contributed by atoms with E-state index in [0.29, 0.717) is 5.92 Å². The molecule has 88 valence electrons. The molecule has 1 aliphatic rings. The summed E-state index contributed by atoms with van der Waals surface area (Å²) in [6, 6.07) is 0. The highest BCUT2D eigenvalue weighted by Gasteiger charge is 2.19. The fourth-order valence-corrected chi connectivity index (χ4v) is 2.55. The van der Waals surface area contributed by atoms with E-state index in [2.05, 4.69) is 22.5 Å². The van der Waals surface area contributed by atoms with Crippen LogP contribution in [0.15, 0.2) is 0 Å². The lowest BCUT2D eigenvalue weighted by molar-refractivity contribution is 0.0945. The van der Waals surface area contributed by atoms with Crippen molar-refractivity contribution in [3.8, 4) is 0 Å². The molecule has 16 heavy (non-hydrogen) atoms. The van der Waals surface area contributed by atoms with Gasteiger partial charge in [-0.25, -0.2) is 4.98 Å². The molecule has 1 fully saturated rings. The van der Waals surface area contributed by atoms with Gasteiger partial charge in [-0.05, 0) is 13.3 Å². The summed E-state index contributed by atoms with van der Waals surface area (Å²) in [6.07, 6.45) is 0.894. The average Bonchev–Trinajstić information content (AvgIpc) is 2.57. The number of thiazole rings is 1. The van der Waals surface area contributed by atoms with E-state index in [1.807, 2.05) is 6.92 Å². The number of aromatic nitrogens is 1. The van der Waals surface area contributed by atoms with E-state index in [4.69, 9.17) is 0 Å². The number of carbonyl (C=O) groups excluding carboxylic acids is 1. The number of rotatable bonds is 4. The number of aryl methyl sites for hydroxylation is 2. The van der Waals surface area contributed by atoms with Gasteiger partial charge in [0.15, 0.2) is 0 Å². The second kappa shape index (κ2) is 4.93. The molecular formula is C11H17N3OS. The quantitative estimate of drug-likeness (QED) is 0.823. The molecule has 2 heterocycles. The molecule has 2 rings (SSSR count). The molecule has 1 amide bonds. The molecule has 0 saturated carbocycles. The third-order valence-corrected chi connectivity index (χ3v) is 4.07.